The van der Waals surface area contributed by atoms with Gasteiger partial charge in [-0.3, -0.25) is 14.9 Å². The van der Waals surface area contributed by atoms with Gasteiger partial charge in [0.2, 0.25) is 0 Å². The first kappa shape index (κ1) is 23.5. The summed E-state index contributed by atoms with van der Waals surface area (Å²) in [4.78, 5) is 18.1. The highest BCUT2D eigenvalue weighted by Crippen LogP contribution is 2.26. The quantitative estimate of drug-likeness (QED) is 0.253. The molecule has 1 aliphatic rings. The van der Waals surface area contributed by atoms with Gasteiger partial charge in [0.15, 0.2) is 0 Å². The Morgan fingerprint density at radius 1 is 1.00 bits per heavy atom. The minimum atomic E-state index is -0.257. The second kappa shape index (κ2) is 11.0. The normalized spacial score (nSPS) is 19.1. The summed E-state index contributed by atoms with van der Waals surface area (Å²) in [6, 6.07) is 15.8. The second-order valence-corrected chi connectivity index (χ2v) is 9.21. The van der Waals surface area contributed by atoms with Gasteiger partial charge in [-0.2, -0.15) is 5.06 Å². The monoisotopic (exact) mass is 449 g/mol. The zero-order valence-electron chi connectivity index (χ0n) is 19.7. The number of rotatable bonds is 9. The number of carbonyl (C=O) groups excluding carboxylic acids is 1. The molecule has 0 saturated carbocycles. The lowest BCUT2D eigenvalue weighted by Crippen LogP contribution is -2.45. The molecule has 2 N–H and O–H groups in total. The molecule has 0 bridgehead atoms. The average molecular weight is 450 g/mol. The van der Waals surface area contributed by atoms with E-state index in [4.69, 9.17) is 4.74 Å². The van der Waals surface area contributed by atoms with Gasteiger partial charge in [-0.25, -0.2) is 0 Å². The highest BCUT2D eigenvalue weighted by atomic mass is 16.5. The molecule has 1 amide bonds. The van der Waals surface area contributed by atoms with E-state index in [1.807, 2.05) is 24.4 Å². The minimum Gasteiger partial charge on any atom is -0.373 e. The molecule has 0 aliphatic carbocycles. The van der Waals surface area contributed by atoms with E-state index in [0.29, 0.717) is 24.3 Å². The number of benzene rings is 2. The molecule has 176 valence electrons. The lowest BCUT2D eigenvalue weighted by molar-refractivity contribution is -0.123. The van der Waals surface area contributed by atoms with E-state index in [9.17, 15) is 10.0 Å². The molecule has 2 aromatic carbocycles. The minimum absolute atomic E-state index is 0.257. The molecule has 0 spiro atoms. The molecule has 1 fully saturated rings. The molecule has 1 saturated heterocycles. The van der Waals surface area contributed by atoms with Crippen molar-refractivity contribution in [2.45, 2.75) is 58.2 Å². The van der Waals surface area contributed by atoms with Crippen molar-refractivity contribution in [3.63, 3.8) is 0 Å². The topological polar surface area (TPSA) is 68.8 Å². The number of nitrogens with zero attached hydrogens (tertiary/aromatic N) is 2. The number of amides is 1. The maximum Gasteiger partial charge on any atom is 0.250 e. The molecule has 2 unspecified atom stereocenters. The number of fused-ring (bicyclic) bond motifs is 1. The number of nitrogens with one attached hydrogen (secondary N) is 1. The summed E-state index contributed by atoms with van der Waals surface area (Å²) in [7, 11) is 0. The number of hydroxylamine groups is 1. The summed E-state index contributed by atoms with van der Waals surface area (Å²) < 4.78 is 5.78. The van der Waals surface area contributed by atoms with E-state index in [2.05, 4.69) is 41.9 Å². The number of aromatic amines is 1. The fourth-order valence-electron chi connectivity index (χ4n) is 4.71. The first-order valence-corrected chi connectivity index (χ1v) is 12.1. The van der Waals surface area contributed by atoms with Crippen molar-refractivity contribution in [3.8, 4) is 11.1 Å². The van der Waals surface area contributed by atoms with Gasteiger partial charge in [-0.1, -0.05) is 31.0 Å². The van der Waals surface area contributed by atoms with Gasteiger partial charge < -0.3 is 9.72 Å². The number of hydrogen-bond acceptors (Lipinski definition) is 4. The number of carbonyl (C=O) groups is 1. The number of morpholine rings is 1. The van der Waals surface area contributed by atoms with Crippen LogP contribution in [0.25, 0.3) is 22.0 Å². The molecule has 33 heavy (non-hydrogen) atoms. The summed E-state index contributed by atoms with van der Waals surface area (Å²) in [5.74, 6) is -0.257. The summed E-state index contributed by atoms with van der Waals surface area (Å²) in [5, 5.41) is 12.3. The molecule has 6 nitrogen and oxygen atoms in total. The number of anilines is 1. The van der Waals surface area contributed by atoms with E-state index in [1.54, 1.807) is 12.1 Å². The summed E-state index contributed by atoms with van der Waals surface area (Å²) >= 11 is 0. The van der Waals surface area contributed by atoms with Crippen molar-refractivity contribution in [2.24, 2.45) is 0 Å². The number of unbranched alkanes of at least 4 members (excludes halogenated alkanes) is 3. The Kier molecular flexibility index (Phi) is 7.81. The number of aromatic nitrogens is 1. The van der Waals surface area contributed by atoms with E-state index < -0.39 is 0 Å². The fourth-order valence-corrected chi connectivity index (χ4v) is 4.71. The van der Waals surface area contributed by atoms with Gasteiger partial charge in [0.1, 0.15) is 0 Å². The fraction of sp³-hybridized carbons (Fsp3) is 0.444. The zero-order valence-corrected chi connectivity index (χ0v) is 19.7. The van der Waals surface area contributed by atoms with Crippen molar-refractivity contribution in [1.82, 2.24) is 9.88 Å². The summed E-state index contributed by atoms with van der Waals surface area (Å²) in [6.45, 7) is 7.35. The molecule has 2 atom stereocenters. The molecule has 4 rings (SSSR count). The second-order valence-electron chi connectivity index (χ2n) is 9.21. The number of hydrogen-bond donors (Lipinski definition) is 2. The predicted molar refractivity (Wildman–Crippen MR) is 133 cm³/mol. The number of ether oxygens (including phenoxy) is 1. The first-order chi connectivity index (χ1) is 16.0. The van der Waals surface area contributed by atoms with Crippen molar-refractivity contribution >= 4 is 22.5 Å². The SMILES string of the molecule is CC1CN(CCCCCCC(=O)N(O)c2ccc(-c3ccc4[nH]ccc4c3)cc2)CC(C)O1. The van der Waals surface area contributed by atoms with Crippen LogP contribution in [0, 0.1) is 0 Å². The Hall–Kier alpha value is -2.67. The third kappa shape index (κ3) is 6.22. The van der Waals surface area contributed by atoms with Crippen LogP contribution < -0.4 is 5.06 Å². The Morgan fingerprint density at radius 2 is 1.70 bits per heavy atom. The maximum absolute atomic E-state index is 12.4. The van der Waals surface area contributed by atoms with Gasteiger partial charge in [-0.05, 0) is 80.1 Å². The van der Waals surface area contributed by atoms with Crippen LogP contribution in [0.3, 0.4) is 0 Å². The van der Waals surface area contributed by atoms with E-state index in [0.717, 1.165) is 72.4 Å². The predicted octanol–water partition coefficient (Wildman–Crippen LogP) is 5.62. The van der Waals surface area contributed by atoms with Crippen LogP contribution in [0.4, 0.5) is 5.69 Å². The maximum atomic E-state index is 12.4. The van der Waals surface area contributed by atoms with Crippen molar-refractivity contribution in [2.75, 3.05) is 24.7 Å². The molecular weight excluding hydrogens is 414 g/mol. The van der Waals surface area contributed by atoms with Crippen LogP contribution in [-0.4, -0.2) is 52.8 Å². The van der Waals surface area contributed by atoms with E-state index in [1.165, 1.54) is 0 Å². The third-order valence-corrected chi connectivity index (χ3v) is 6.34. The molecule has 1 aliphatic heterocycles. The lowest BCUT2D eigenvalue weighted by atomic mass is 10.0. The van der Waals surface area contributed by atoms with Crippen LogP contribution in [0.5, 0.6) is 0 Å². The standard InChI is InChI=1S/C27H35N3O3/c1-20-18-29(19-21(2)33-20)16-6-4-3-5-7-27(31)30(32)25-11-8-22(9-12-25)23-10-13-26-24(17-23)14-15-28-26/h8-15,17,20-21,28,32H,3-7,16,18-19H2,1-2H3. The first-order valence-electron chi connectivity index (χ1n) is 12.1. The molecule has 3 aromatic rings. The van der Waals surface area contributed by atoms with Gasteiger partial charge in [0.05, 0.1) is 17.9 Å². The zero-order chi connectivity index (χ0) is 23.2. The van der Waals surface area contributed by atoms with Crippen LogP contribution in [0.15, 0.2) is 54.7 Å². The van der Waals surface area contributed by atoms with E-state index in [-0.39, 0.29) is 5.91 Å². The highest BCUT2D eigenvalue weighted by Gasteiger charge is 2.21. The lowest BCUT2D eigenvalue weighted by Gasteiger charge is -2.35. The van der Waals surface area contributed by atoms with Crippen molar-refractivity contribution in [3.05, 3.63) is 54.7 Å². The molecular formula is C27H35N3O3. The smallest absolute Gasteiger partial charge is 0.250 e. The Balaban J connectivity index is 1.19. The van der Waals surface area contributed by atoms with Gasteiger partial charge >= 0.3 is 0 Å². The Labute approximate surface area is 196 Å². The van der Waals surface area contributed by atoms with Crippen molar-refractivity contribution in [1.29, 1.82) is 0 Å². The summed E-state index contributed by atoms with van der Waals surface area (Å²) in [6.07, 6.45) is 6.91. The largest absolute Gasteiger partial charge is 0.373 e. The highest BCUT2D eigenvalue weighted by molar-refractivity contribution is 5.91. The Bertz CT molecular complexity index is 1040. The molecule has 0 radical (unpaired) electrons. The van der Waals surface area contributed by atoms with Crippen LogP contribution in [-0.2, 0) is 9.53 Å². The van der Waals surface area contributed by atoms with Crippen LogP contribution in [0.2, 0.25) is 0 Å². The molecule has 6 heteroatoms. The molecule has 2 heterocycles. The van der Waals surface area contributed by atoms with Gasteiger partial charge in [0.25, 0.3) is 5.91 Å². The van der Waals surface area contributed by atoms with Gasteiger partial charge in [0, 0.05) is 31.2 Å². The average Bonchev–Trinajstić information content (AvgIpc) is 3.28. The van der Waals surface area contributed by atoms with E-state index >= 15 is 0 Å². The Morgan fingerprint density at radius 3 is 2.45 bits per heavy atom. The van der Waals surface area contributed by atoms with Crippen molar-refractivity contribution < 1.29 is 14.7 Å². The van der Waals surface area contributed by atoms with Gasteiger partial charge in [-0.15, -0.1) is 0 Å². The number of H-pyrrole nitrogens is 1. The third-order valence-electron chi connectivity index (χ3n) is 6.34. The summed E-state index contributed by atoms with van der Waals surface area (Å²) in [5.41, 5.74) is 3.76. The van der Waals surface area contributed by atoms with Crippen LogP contribution in [0.1, 0.15) is 46.0 Å². The molecule has 1 aromatic heterocycles. The van der Waals surface area contributed by atoms with Crippen LogP contribution >= 0.6 is 0 Å².